The first kappa shape index (κ1) is 80.3. The van der Waals surface area contributed by atoms with Crippen LogP contribution in [0.2, 0.25) is 0 Å². The SMILES string of the molecule is Cc1cc(-c2ccccc2C)[n+](C)cc1C.Cc1cc(C)c(-c2ccccc2C)[n+](C)c1.Cc1cc[n+](C)c(-c2ccccc2C)c1.Cc1ccc(-c2ccccc2C)[n+](C)c1.Cc1ccccc1-c1c(C)ccc[n+]1C.Cc1ccccc1-c1cccc(C)[n+]1C.Cc1ccccc1-c1cccc[n+]1C. The van der Waals surface area contributed by atoms with Crippen LogP contribution < -0.4 is 32.0 Å². The van der Waals surface area contributed by atoms with E-state index in [2.05, 4.69) is 471 Å². The molecule has 7 aromatic heterocycles. The molecule has 0 aliphatic rings. The lowest BCUT2D eigenvalue weighted by atomic mass is 10.0. The minimum Gasteiger partial charge on any atom is -0.201 e. The predicted molar refractivity (Wildman–Crippen MR) is 442 cm³/mol. The molecule has 0 saturated heterocycles. The minimum absolute atomic E-state index is 1.26. The van der Waals surface area contributed by atoms with Crippen LogP contribution in [0.4, 0.5) is 0 Å². The fourth-order valence-electron chi connectivity index (χ4n) is 13.5. The molecular weight excluding hydrogens is 1290 g/mol. The molecule has 0 aliphatic heterocycles. The number of pyridine rings is 7. The van der Waals surface area contributed by atoms with Gasteiger partial charge in [0.2, 0.25) is 39.9 Å². The van der Waals surface area contributed by atoms with Gasteiger partial charge in [-0.25, -0.2) is 27.4 Å². The highest BCUT2D eigenvalue weighted by Crippen LogP contribution is 2.28. The van der Waals surface area contributed by atoms with Gasteiger partial charge in [0.1, 0.15) is 49.3 Å². The lowest BCUT2D eigenvalue weighted by Crippen LogP contribution is -2.34. The fourth-order valence-corrected chi connectivity index (χ4v) is 13.5. The molecule has 0 unspecified atom stereocenters. The second-order valence-electron chi connectivity index (χ2n) is 28.4. The Morgan fingerprint density at radius 3 is 0.981 bits per heavy atom. The Bertz CT molecular complexity index is 5160. The first-order chi connectivity index (χ1) is 50.7. The van der Waals surface area contributed by atoms with E-state index in [1.165, 1.54) is 162 Å². The van der Waals surface area contributed by atoms with Crippen LogP contribution in [0, 0.1) is 104 Å². The molecule has 7 heterocycles. The van der Waals surface area contributed by atoms with Crippen LogP contribution >= 0.6 is 0 Å². The summed E-state index contributed by atoms with van der Waals surface area (Å²) in [5.41, 5.74) is 37.8. The number of hydrogen-bond acceptors (Lipinski definition) is 0. The number of benzene rings is 7. The molecule has 7 nitrogen and oxygen atoms in total. The highest BCUT2D eigenvalue weighted by atomic mass is 15.0. The van der Waals surface area contributed by atoms with Crippen molar-refractivity contribution in [1.82, 2.24) is 0 Å². The zero-order valence-corrected chi connectivity index (χ0v) is 67.3. The van der Waals surface area contributed by atoms with Crippen LogP contribution in [-0.2, 0) is 49.3 Å². The molecule has 7 aromatic carbocycles. The molecular formula is C99H114N7+7. The zero-order valence-electron chi connectivity index (χ0n) is 67.3. The second kappa shape index (κ2) is 38.4. The van der Waals surface area contributed by atoms with Crippen LogP contribution in [0.3, 0.4) is 0 Å². The Labute approximate surface area is 635 Å². The fraction of sp³-hybridized carbons (Fsp3) is 0.222. The summed E-state index contributed by atoms with van der Waals surface area (Å²) in [5.74, 6) is 0. The van der Waals surface area contributed by atoms with Crippen LogP contribution in [0.25, 0.3) is 78.8 Å². The molecule has 0 fully saturated rings. The van der Waals surface area contributed by atoms with Crippen molar-refractivity contribution in [3.8, 4) is 78.8 Å². The second-order valence-corrected chi connectivity index (χ2v) is 28.4. The van der Waals surface area contributed by atoms with Gasteiger partial charge in [0.15, 0.2) is 42.9 Å². The van der Waals surface area contributed by atoms with Gasteiger partial charge < -0.3 is 0 Å². The van der Waals surface area contributed by atoms with E-state index in [9.17, 15) is 0 Å². The molecule has 0 spiro atoms. The Kier molecular flexibility index (Phi) is 29.1. The van der Waals surface area contributed by atoms with E-state index >= 15 is 0 Å². The van der Waals surface area contributed by atoms with Crippen molar-refractivity contribution in [2.24, 2.45) is 49.3 Å². The molecule has 0 atom stereocenters. The van der Waals surface area contributed by atoms with Gasteiger partial charge in [-0.2, -0.15) is 4.57 Å². The first-order valence-corrected chi connectivity index (χ1v) is 36.9. The lowest BCUT2D eigenvalue weighted by Gasteiger charge is -2.07. The molecule has 14 rings (SSSR count). The molecule has 538 valence electrons. The molecule has 106 heavy (non-hydrogen) atoms. The number of nitrogens with zero attached hydrogens (tertiary/aromatic N) is 7. The number of aryl methyl sites for hydroxylation is 21. The molecule has 0 amide bonds. The highest BCUT2D eigenvalue weighted by molar-refractivity contribution is 5.67. The summed E-state index contributed by atoms with van der Waals surface area (Å²) >= 11 is 0. The summed E-state index contributed by atoms with van der Waals surface area (Å²) in [6.45, 7) is 32.2. The average molecular weight is 1400 g/mol. The predicted octanol–water partition coefficient (Wildman–Crippen LogP) is 19.9. The maximum Gasteiger partial charge on any atom is 0.215 e. The average Bonchev–Trinajstić information content (AvgIpc) is 0.788. The van der Waals surface area contributed by atoms with Gasteiger partial charge >= 0.3 is 0 Å². The quantitative estimate of drug-likeness (QED) is 0.142. The standard InChI is InChI=1S/2C15H18N.4C14H16N.C13H14N/c1-11-9-13(3)15(16(4)10-11)14-8-6-5-7-12(14)2;1-11-7-5-6-8-14(11)15-9-12(2)13(3)10-16(15)4;1-11-7-4-5-9-13(11)14-12(2)8-6-10-15(14)3;1-11-7-4-5-9-13(11)14-10-6-8-12(2)15(14)3;1-11-8-9-15(3)14(10-11)13-7-5-4-6-12(13)2;1-11-8-9-14(15(3)10-11)13-7-5-4-6-12(13)2;1-11-7-3-4-8-12(11)13-9-5-6-10-14(13)2/h2*5-10H,1-4H3;4*4-10H,1-3H3;3-10H,1-2H3/q7*+1. The van der Waals surface area contributed by atoms with E-state index in [0.717, 1.165) is 0 Å². The highest BCUT2D eigenvalue weighted by Gasteiger charge is 2.20. The molecule has 0 radical (unpaired) electrons. The Hall–Kier alpha value is -11.4. The topological polar surface area (TPSA) is 27.2 Å². The third-order valence-corrected chi connectivity index (χ3v) is 19.7. The van der Waals surface area contributed by atoms with Gasteiger partial charge in [-0.1, -0.05) is 127 Å². The van der Waals surface area contributed by atoms with E-state index in [0.29, 0.717) is 0 Å². The minimum atomic E-state index is 1.26. The van der Waals surface area contributed by atoms with Gasteiger partial charge in [0, 0.05) is 128 Å². The summed E-state index contributed by atoms with van der Waals surface area (Å²) in [6, 6.07) is 89.5. The molecule has 14 aromatic rings. The van der Waals surface area contributed by atoms with E-state index in [1.54, 1.807) is 0 Å². The van der Waals surface area contributed by atoms with Crippen molar-refractivity contribution in [1.29, 1.82) is 0 Å². The number of hydrogen-bond donors (Lipinski definition) is 0. The Morgan fingerprint density at radius 2 is 0.538 bits per heavy atom. The third-order valence-electron chi connectivity index (χ3n) is 19.7. The van der Waals surface area contributed by atoms with E-state index in [-0.39, 0.29) is 0 Å². The van der Waals surface area contributed by atoms with E-state index < -0.39 is 0 Å². The van der Waals surface area contributed by atoms with Crippen molar-refractivity contribution in [2.75, 3.05) is 0 Å². The van der Waals surface area contributed by atoms with Crippen LogP contribution in [-0.4, -0.2) is 0 Å². The van der Waals surface area contributed by atoms with Crippen LogP contribution in [0.1, 0.15) is 83.6 Å². The Morgan fingerprint density at radius 1 is 0.179 bits per heavy atom. The van der Waals surface area contributed by atoms with Gasteiger partial charge in [0.25, 0.3) is 0 Å². The van der Waals surface area contributed by atoms with Crippen molar-refractivity contribution >= 4 is 0 Å². The molecule has 0 aliphatic carbocycles. The van der Waals surface area contributed by atoms with Gasteiger partial charge in [-0.05, 0) is 220 Å². The lowest BCUT2D eigenvalue weighted by molar-refractivity contribution is -0.666. The van der Waals surface area contributed by atoms with Crippen molar-refractivity contribution in [2.45, 2.75) is 104 Å². The van der Waals surface area contributed by atoms with Crippen molar-refractivity contribution < 1.29 is 32.0 Å². The molecule has 7 heteroatoms. The van der Waals surface area contributed by atoms with Gasteiger partial charge in [0.05, 0.1) is 0 Å². The number of rotatable bonds is 7. The normalized spacial score (nSPS) is 10.4. The molecule has 0 saturated carbocycles. The first-order valence-electron chi connectivity index (χ1n) is 36.9. The van der Waals surface area contributed by atoms with Crippen molar-refractivity contribution in [3.05, 3.63) is 376 Å². The largest absolute Gasteiger partial charge is 0.215 e. The van der Waals surface area contributed by atoms with Crippen LogP contribution in [0.5, 0.6) is 0 Å². The third kappa shape index (κ3) is 21.4. The summed E-state index contributed by atoms with van der Waals surface area (Å²) in [4.78, 5) is 0. The summed E-state index contributed by atoms with van der Waals surface area (Å²) in [6.07, 6.45) is 12.8. The summed E-state index contributed by atoms with van der Waals surface area (Å²) < 4.78 is 15.3. The molecule has 0 bridgehead atoms. The van der Waals surface area contributed by atoms with Gasteiger partial charge in [-0.3, -0.25) is 0 Å². The van der Waals surface area contributed by atoms with Crippen LogP contribution in [0.15, 0.2) is 292 Å². The summed E-state index contributed by atoms with van der Waals surface area (Å²) in [7, 11) is 14.7. The Balaban J connectivity index is 0.000000156. The molecule has 0 N–H and O–H groups in total. The van der Waals surface area contributed by atoms with E-state index in [4.69, 9.17) is 0 Å². The van der Waals surface area contributed by atoms with E-state index in [1.807, 2.05) is 6.07 Å². The number of aromatic nitrogens is 7. The summed E-state index contributed by atoms with van der Waals surface area (Å²) in [5, 5.41) is 0. The monoisotopic (exact) mass is 1400 g/mol. The van der Waals surface area contributed by atoms with Gasteiger partial charge in [-0.15, -0.1) is 0 Å². The maximum atomic E-state index is 2.26. The van der Waals surface area contributed by atoms with Crippen molar-refractivity contribution in [3.63, 3.8) is 0 Å². The zero-order chi connectivity index (χ0) is 76.7. The maximum absolute atomic E-state index is 2.26. The smallest absolute Gasteiger partial charge is 0.201 e.